The highest BCUT2D eigenvalue weighted by atomic mass is 79.9. The van der Waals surface area contributed by atoms with Gasteiger partial charge in [-0.05, 0) is 31.2 Å². The lowest BCUT2D eigenvalue weighted by molar-refractivity contribution is 0.373. The molecule has 0 heterocycles. The summed E-state index contributed by atoms with van der Waals surface area (Å²) < 4.78 is 5.92. The van der Waals surface area contributed by atoms with E-state index in [1.165, 1.54) is 12.7 Å². The molecule has 0 unspecified atom stereocenters. The van der Waals surface area contributed by atoms with Gasteiger partial charge < -0.3 is 9.84 Å². The van der Waals surface area contributed by atoms with E-state index in [1.54, 1.807) is 18.3 Å². The van der Waals surface area contributed by atoms with Crippen molar-refractivity contribution in [1.82, 2.24) is 0 Å². The van der Waals surface area contributed by atoms with E-state index in [1.807, 2.05) is 31.2 Å². The van der Waals surface area contributed by atoms with Gasteiger partial charge in [-0.25, -0.2) is 0 Å². The van der Waals surface area contributed by atoms with Crippen LogP contribution in [0.3, 0.4) is 0 Å². The van der Waals surface area contributed by atoms with Crippen LogP contribution >= 0.6 is 15.9 Å². The molecular formula is C15H14BrNO2. The van der Waals surface area contributed by atoms with E-state index in [0.29, 0.717) is 11.3 Å². The lowest BCUT2D eigenvalue weighted by Crippen LogP contribution is -1.89. The Morgan fingerprint density at radius 3 is 2.53 bits per heavy atom. The molecule has 0 fully saturated rings. The summed E-state index contributed by atoms with van der Waals surface area (Å²) in [6, 6.07) is 11.3. The van der Waals surface area contributed by atoms with E-state index < -0.39 is 0 Å². The van der Waals surface area contributed by atoms with Crippen LogP contribution < -0.4 is 4.74 Å². The summed E-state index contributed by atoms with van der Waals surface area (Å²) in [5, 5.41) is 10.00. The van der Waals surface area contributed by atoms with Gasteiger partial charge in [0, 0.05) is 16.3 Å². The quantitative estimate of drug-likeness (QED) is 0.860. The molecule has 2 rings (SSSR count). The van der Waals surface area contributed by atoms with Crippen molar-refractivity contribution in [1.29, 1.82) is 0 Å². The van der Waals surface area contributed by atoms with Gasteiger partial charge in [0.2, 0.25) is 0 Å². The number of rotatable bonds is 3. The van der Waals surface area contributed by atoms with Crippen molar-refractivity contribution in [3.63, 3.8) is 0 Å². The van der Waals surface area contributed by atoms with Gasteiger partial charge in [0.15, 0.2) is 11.5 Å². The predicted octanol–water partition coefficient (Wildman–Crippen LogP) is 4.22. The molecule has 98 valence electrons. The van der Waals surface area contributed by atoms with E-state index in [-0.39, 0.29) is 5.75 Å². The second kappa shape index (κ2) is 5.89. The fraction of sp³-hybridized carbons (Fsp3) is 0.133. The molecule has 19 heavy (non-hydrogen) atoms. The topological polar surface area (TPSA) is 41.8 Å². The largest absolute Gasteiger partial charge is 0.504 e. The Hall–Kier alpha value is -1.81. The summed E-state index contributed by atoms with van der Waals surface area (Å²) in [5.74, 6) is 0.501. The van der Waals surface area contributed by atoms with Crippen molar-refractivity contribution in [2.45, 2.75) is 6.92 Å². The molecule has 0 amide bonds. The molecule has 0 saturated heterocycles. The smallest absolute Gasteiger partial charge is 0.166 e. The number of hydrogen-bond donors (Lipinski definition) is 1. The van der Waals surface area contributed by atoms with Gasteiger partial charge in [-0.15, -0.1) is 0 Å². The van der Waals surface area contributed by atoms with Crippen LogP contribution in [0.5, 0.6) is 11.5 Å². The van der Waals surface area contributed by atoms with Crippen LogP contribution in [0.25, 0.3) is 0 Å². The van der Waals surface area contributed by atoms with Crippen LogP contribution in [-0.2, 0) is 0 Å². The van der Waals surface area contributed by atoms with Crippen molar-refractivity contribution in [2.75, 3.05) is 7.11 Å². The average Bonchev–Trinajstić information content (AvgIpc) is 2.41. The van der Waals surface area contributed by atoms with Crippen molar-refractivity contribution in [3.05, 3.63) is 52.0 Å². The highest BCUT2D eigenvalue weighted by Gasteiger charge is 2.07. The second-order valence-electron chi connectivity index (χ2n) is 4.14. The SMILES string of the molecule is COc1cc(Br)cc(/C=N\c2ccc(C)cc2)c1O. The third kappa shape index (κ3) is 3.35. The molecular weight excluding hydrogens is 306 g/mol. The number of halogens is 1. The van der Waals surface area contributed by atoms with Gasteiger partial charge in [-0.1, -0.05) is 33.6 Å². The molecule has 0 spiro atoms. The number of phenolic OH excluding ortho intramolecular Hbond substituents is 1. The Balaban J connectivity index is 2.32. The first kappa shape index (κ1) is 13.6. The number of hydrogen-bond acceptors (Lipinski definition) is 3. The zero-order valence-electron chi connectivity index (χ0n) is 10.7. The van der Waals surface area contributed by atoms with Gasteiger partial charge in [-0.3, -0.25) is 4.99 Å². The summed E-state index contributed by atoms with van der Waals surface area (Å²) in [6.45, 7) is 2.03. The minimum absolute atomic E-state index is 0.0848. The van der Waals surface area contributed by atoms with Crippen LogP contribution in [0.2, 0.25) is 0 Å². The van der Waals surface area contributed by atoms with Crippen molar-refractivity contribution in [3.8, 4) is 11.5 Å². The molecule has 3 nitrogen and oxygen atoms in total. The van der Waals surface area contributed by atoms with Gasteiger partial charge in [0.1, 0.15) is 0 Å². The summed E-state index contributed by atoms with van der Waals surface area (Å²) in [5.41, 5.74) is 2.63. The zero-order valence-corrected chi connectivity index (χ0v) is 12.3. The van der Waals surface area contributed by atoms with Crippen molar-refractivity contribution < 1.29 is 9.84 Å². The fourth-order valence-corrected chi connectivity index (χ4v) is 2.08. The second-order valence-corrected chi connectivity index (χ2v) is 5.06. The molecule has 0 aliphatic carbocycles. The molecule has 4 heteroatoms. The number of phenols is 1. The highest BCUT2D eigenvalue weighted by molar-refractivity contribution is 9.10. The number of ether oxygens (including phenoxy) is 1. The molecule has 0 aliphatic rings. The van der Waals surface area contributed by atoms with E-state index in [2.05, 4.69) is 20.9 Å². The van der Waals surface area contributed by atoms with Gasteiger partial charge >= 0.3 is 0 Å². The first-order chi connectivity index (χ1) is 9.10. The molecule has 0 atom stereocenters. The van der Waals surface area contributed by atoms with Crippen LogP contribution in [0.1, 0.15) is 11.1 Å². The number of aryl methyl sites for hydroxylation is 1. The minimum atomic E-state index is 0.0848. The number of nitrogens with zero attached hydrogens (tertiary/aromatic N) is 1. The van der Waals surface area contributed by atoms with Crippen LogP contribution in [-0.4, -0.2) is 18.4 Å². The summed E-state index contributed by atoms with van der Waals surface area (Å²) >= 11 is 3.37. The van der Waals surface area contributed by atoms with E-state index in [0.717, 1.165) is 10.2 Å². The Morgan fingerprint density at radius 1 is 1.21 bits per heavy atom. The van der Waals surface area contributed by atoms with E-state index in [4.69, 9.17) is 4.74 Å². The lowest BCUT2D eigenvalue weighted by atomic mass is 10.2. The van der Waals surface area contributed by atoms with E-state index >= 15 is 0 Å². The molecule has 1 N–H and O–H groups in total. The maximum atomic E-state index is 10.00. The predicted molar refractivity (Wildman–Crippen MR) is 80.8 cm³/mol. The normalized spacial score (nSPS) is 10.9. The fourth-order valence-electron chi connectivity index (χ4n) is 1.62. The highest BCUT2D eigenvalue weighted by Crippen LogP contribution is 2.32. The van der Waals surface area contributed by atoms with Gasteiger partial charge in [-0.2, -0.15) is 0 Å². The third-order valence-corrected chi connectivity index (χ3v) is 3.13. The summed E-state index contributed by atoms with van der Waals surface area (Å²) in [4.78, 5) is 4.33. The minimum Gasteiger partial charge on any atom is -0.504 e. The zero-order chi connectivity index (χ0) is 13.8. The molecule has 2 aromatic carbocycles. The first-order valence-corrected chi connectivity index (χ1v) is 6.56. The van der Waals surface area contributed by atoms with E-state index in [9.17, 15) is 5.11 Å². The Bertz CT molecular complexity index is 606. The maximum Gasteiger partial charge on any atom is 0.166 e. The maximum absolute atomic E-state index is 10.00. The molecule has 2 aromatic rings. The average molecular weight is 320 g/mol. The molecule has 0 saturated carbocycles. The van der Waals surface area contributed by atoms with Gasteiger partial charge in [0.05, 0.1) is 12.8 Å². The van der Waals surface area contributed by atoms with Crippen LogP contribution in [0.4, 0.5) is 5.69 Å². The summed E-state index contributed by atoms with van der Waals surface area (Å²) in [6.07, 6.45) is 1.62. The van der Waals surface area contributed by atoms with Gasteiger partial charge in [0.25, 0.3) is 0 Å². The lowest BCUT2D eigenvalue weighted by Gasteiger charge is -2.06. The Kier molecular flexibility index (Phi) is 4.22. The van der Waals surface area contributed by atoms with Crippen LogP contribution in [0.15, 0.2) is 45.9 Å². The Morgan fingerprint density at radius 2 is 1.89 bits per heavy atom. The number of benzene rings is 2. The van der Waals surface area contributed by atoms with Crippen LogP contribution in [0, 0.1) is 6.92 Å². The summed E-state index contributed by atoms with van der Waals surface area (Å²) in [7, 11) is 1.52. The number of aliphatic imine (C=N–C) groups is 1. The number of aromatic hydroxyl groups is 1. The Labute approximate surface area is 120 Å². The number of methoxy groups -OCH3 is 1. The monoisotopic (exact) mass is 319 g/mol. The van der Waals surface area contributed by atoms with Crippen molar-refractivity contribution in [2.24, 2.45) is 4.99 Å². The standard InChI is InChI=1S/C15H14BrNO2/c1-10-3-5-13(6-4-10)17-9-11-7-12(16)8-14(19-2)15(11)18/h3-9,18H,1-2H3/b17-9-. The first-order valence-electron chi connectivity index (χ1n) is 5.77. The molecule has 0 aliphatic heterocycles. The molecule has 0 radical (unpaired) electrons. The van der Waals surface area contributed by atoms with Crippen molar-refractivity contribution >= 4 is 27.8 Å². The molecule has 0 aromatic heterocycles. The third-order valence-electron chi connectivity index (χ3n) is 2.68. The molecule has 0 bridgehead atoms.